The first-order valence-electron chi connectivity index (χ1n) is 20.1. The van der Waals surface area contributed by atoms with E-state index in [4.69, 9.17) is 0 Å². The number of anilines is 9. The predicted molar refractivity (Wildman–Crippen MR) is 245 cm³/mol. The highest BCUT2D eigenvalue weighted by molar-refractivity contribution is 6.29. The van der Waals surface area contributed by atoms with E-state index >= 15 is 0 Å². The van der Waals surface area contributed by atoms with Gasteiger partial charge in [0, 0.05) is 56.0 Å². The Labute approximate surface area is 336 Å². The van der Waals surface area contributed by atoms with Crippen LogP contribution in [0.15, 0.2) is 158 Å². The minimum Gasteiger partial charge on any atom is -0.310 e. The zero-order chi connectivity index (χ0) is 39.2. The maximum atomic E-state index is 2.51. The van der Waals surface area contributed by atoms with E-state index < -0.39 is 0 Å². The molecule has 10 rings (SSSR count). The van der Waals surface area contributed by atoms with Crippen molar-refractivity contribution in [1.82, 2.24) is 0 Å². The number of hydrogen-bond acceptors (Lipinski definition) is 3. The molecule has 0 aromatic heterocycles. The van der Waals surface area contributed by atoms with Gasteiger partial charge in [0.15, 0.2) is 0 Å². The highest BCUT2D eigenvalue weighted by Gasteiger charge is 2.28. The molecule has 1 heterocycles. The minimum atomic E-state index is 0.0255. The van der Waals surface area contributed by atoms with Gasteiger partial charge in [-0.2, -0.15) is 0 Å². The lowest BCUT2D eigenvalue weighted by Crippen LogP contribution is -2.18. The Kier molecular flexibility index (Phi) is 7.95. The first kappa shape index (κ1) is 34.9. The van der Waals surface area contributed by atoms with Crippen LogP contribution in [-0.4, -0.2) is 0 Å². The number of aryl methyl sites for hydroxylation is 4. The van der Waals surface area contributed by atoms with Crippen LogP contribution in [0.5, 0.6) is 0 Å². The zero-order valence-electron chi connectivity index (χ0n) is 33.9. The monoisotopic (exact) mass is 737 g/mol. The summed E-state index contributed by atoms with van der Waals surface area (Å²) in [5.74, 6) is 0. The van der Waals surface area contributed by atoms with Crippen LogP contribution in [0.2, 0.25) is 0 Å². The summed E-state index contributed by atoms with van der Waals surface area (Å²) in [4.78, 5) is 7.40. The van der Waals surface area contributed by atoms with Gasteiger partial charge >= 0.3 is 0 Å². The van der Waals surface area contributed by atoms with Crippen molar-refractivity contribution in [3.63, 3.8) is 0 Å². The summed E-state index contributed by atoms with van der Waals surface area (Å²) in [6.45, 7) is 15.8. The zero-order valence-corrected chi connectivity index (χ0v) is 33.9. The lowest BCUT2D eigenvalue weighted by molar-refractivity contribution is 0.591. The molecule has 0 radical (unpaired) electrons. The van der Waals surface area contributed by atoms with E-state index in [2.05, 4.69) is 221 Å². The lowest BCUT2D eigenvalue weighted by Gasteiger charge is -2.35. The molecule has 57 heavy (non-hydrogen) atoms. The molecule has 9 aromatic carbocycles. The summed E-state index contributed by atoms with van der Waals surface area (Å²) in [7, 11) is 0. The van der Waals surface area contributed by atoms with E-state index in [0.717, 1.165) is 51.2 Å². The number of rotatable bonds is 3. The summed E-state index contributed by atoms with van der Waals surface area (Å²) in [6.07, 6.45) is 0. The fourth-order valence-electron chi connectivity index (χ4n) is 9.18. The molecule has 0 unspecified atom stereocenters. The Morgan fingerprint density at radius 3 is 1.26 bits per heavy atom. The van der Waals surface area contributed by atoms with Gasteiger partial charge in [0.2, 0.25) is 0 Å². The van der Waals surface area contributed by atoms with Gasteiger partial charge in [0.05, 0.1) is 11.4 Å². The Balaban J connectivity index is 1.41. The van der Waals surface area contributed by atoms with Crippen LogP contribution >= 0.6 is 0 Å². The maximum Gasteiger partial charge on any atom is 0.0561 e. The highest BCUT2D eigenvalue weighted by Crippen LogP contribution is 2.53. The van der Waals surface area contributed by atoms with Crippen LogP contribution in [0.4, 0.5) is 51.2 Å². The molecule has 0 N–H and O–H groups in total. The Morgan fingerprint density at radius 2 is 0.807 bits per heavy atom. The quantitative estimate of drug-likeness (QED) is 0.167. The van der Waals surface area contributed by atoms with Gasteiger partial charge in [0.1, 0.15) is 0 Å². The summed E-state index contributed by atoms with van der Waals surface area (Å²) < 4.78 is 0. The van der Waals surface area contributed by atoms with Crippen molar-refractivity contribution in [1.29, 1.82) is 0 Å². The van der Waals surface area contributed by atoms with Crippen LogP contribution in [0.25, 0.3) is 32.3 Å². The van der Waals surface area contributed by atoms with Crippen LogP contribution in [0, 0.1) is 27.7 Å². The molecule has 1 aliphatic rings. The van der Waals surface area contributed by atoms with Crippen molar-refractivity contribution in [2.24, 2.45) is 0 Å². The van der Waals surface area contributed by atoms with Crippen molar-refractivity contribution < 1.29 is 0 Å². The third kappa shape index (κ3) is 5.72. The maximum absolute atomic E-state index is 2.51. The highest BCUT2D eigenvalue weighted by atomic mass is 15.2. The molecule has 0 aliphatic carbocycles. The second kappa shape index (κ2) is 13.0. The van der Waals surface area contributed by atoms with Gasteiger partial charge in [-0.25, -0.2) is 0 Å². The van der Waals surface area contributed by atoms with Crippen molar-refractivity contribution in [3.8, 4) is 0 Å². The Hall–Kier alpha value is -6.58. The second-order valence-corrected chi connectivity index (χ2v) is 17.0. The molecular formula is C54H47N3. The number of fused-ring (bicyclic) bond motifs is 8. The topological polar surface area (TPSA) is 9.72 Å². The van der Waals surface area contributed by atoms with Crippen molar-refractivity contribution in [2.45, 2.75) is 53.9 Å². The van der Waals surface area contributed by atoms with Crippen molar-refractivity contribution >= 4 is 83.5 Å². The summed E-state index contributed by atoms with van der Waals surface area (Å²) in [6, 6.07) is 59.3. The smallest absolute Gasteiger partial charge is 0.0561 e. The second-order valence-electron chi connectivity index (χ2n) is 17.0. The Bertz CT molecular complexity index is 2840. The van der Waals surface area contributed by atoms with E-state index in [-0.39, 0.29) is 5.41 Å². The molecule has 0 saturated carbocycles. The van der Waals surface area contributed by atoms with Gasteiger partial charge in [-0.3, -0.25) is 0 Å². The molecule has 0 spiro atoms. The van der Waals surface area contributed by atoms with E-state index in [1.165, 1.54) is 60.1 Å². The number of benzene rings is 9. The average Bonchev–Trinajstić information content (AvgIpc) is 3.19. The minimum absolute atomic E-state index is 0.0255. The predicted octanol–water partition coefficient (Wildman–Crippen LogP) is 15.8. The molecule has 6 bridgehead atoms. The molecule has 0 saturated heterocycles. The molecular weight excluding hydrogens is 691 g/mol. The third-order valence-corrected chi connectivity index (χ3v) is 11.9. The number of para-hydroxylation sites is 1. The van der Waals surface area contributed by atoms with E-state index in [9.17, 15) is 0 Å². The molecule has 1 aliphatic heterocycles. The van der Waals surface area contributed by atoms with Crippen molar-refractivity contribution in [2.75, 3.05) is 14.7 Å². The first-order chi connectivity index (χ1) is 27.5. The third-order valence-electron chi connectivity index (χ3n) is 11.9. The van der Waals surface area contributed by atoms with Crippen LogP contribution in [0.3, 0.4) is 0 Å². The van der Waals surface area contributed by atoms with Gasteiger partial charge < -0.3 is 14.7 Å². The van der Waals surface area contributed by atoms with E-state index in [0.29, 0.717) is 0 Å². The molecule has 0 amide bonds. The van der Waals surface area contributed by atoms with Gasteiger partial charge in [-0.05, 0) is 133 Å². The summed E-state index contributed by atoms with van der Waals surface area (Å²) >= 11 is 0. The van der Waals surface area contributed by atoms with Crippen LogP contribution in [-0.2, 0) is 5.41 Å². The molecule has 3 heteroatoms. The van der Waals surface area contributed by atoms with Gasteiger partial charge in [-0.1, -0.05) is 123 Å². The lowest BCUT2D eigenvalue weighted by atomic mass is 9.83. The number of hydrogen-bond donors (Lipinski definition) is 0. The summed E-state index contributed by atoms with van der Waals surface area (Å²) in [5, 5.41) is 7.61. The molecule has 0 atom stereocenters. The molecule has 9 aromatic rings. The largest absolute Gasteiger partial charge is 0.310 e. The van der Waals surface area contributed by atoms with Gasteiger partial charge in [-0.15, -0.1) is 0 Å². The Morgan fingerprint density at radius 1 is 0.351 bits per heavy atom. The fourth-order valence-corrected chi connectivity index (χ4v) is 9.18. The average molecular weight is 738 g/mol. The normalized spacial score (nSPS) is 13.1. The number of nitrogens with zero attached hydrogens (tertiary/aromatic N) is 3. The van der Waals surface area contributed by atoms with Gasteiger partial charge in [0.25, 0.3) is 0 Å². The molecule has 278 valence electrons. The molecule has 3 nitrogen and oxygen atoms in total. The molecule has 0 fully saturated rings. The first-order valence-corrected chi connectivity index (χ1v) is 20.1. The standard InChI is InChI=1S/C54H47N3/c1-34-19-25-48(36(3)27-34)56-44-17-11-15-42(31-44)55(41-13-9-8-10-14-41)43-16-12-18-45(32-43)57(49-26-20-35(2)28-37(49)4)51-33-50(56)46-23-21-38-29-40(54(5,6)7)30-39-22-24-47(51)53(46)52(38)39/h8-33H,1-7H3. The van der Waals surface area contributed by atoms with E-state index in [1.807, 2.05) is 0 Å². The SMILES string of the molecule is Cc1ccc(N2c3cccc(c3)N(c3ccccc3)c3cccc(c3)N(c3ccc(C)cc3C)c3cc2c2ccc4cc(C(C)(C)C)cc5ccc3c2c45)c(C)c1. The van der Waals surface area contributed by atoms with Crippen LogP contribution in [0.1, 0.15) is 48.6 Å². The van der Waals surface area contributed by atoms with E-state index in [1.54, 1.807) is 0 Å². The fraction of sp³-hybridized carbons (Fsp3) is 0.148. The van der Waals surface area contributed by atoms with Crippen LogP contribution < -0.4 is 14.7 Å². The van der Waals surface area contributed by atoms with Crippen molar-refractivity contribution in [3.05, 3.63) is 186 Å². The summed E-state index contributed by atoms with van der Waals surface area (Å²) in [5.41, 5.74) is 16.4.